The number of ether oxygens (including phenoxy) is 1. The SMILES string of the molecule is CCOC(=O)c1nc(-c2ncccc2Br)sc1C(C)=O. The number of ketones is 1. The second-order valence-corrected chi connectivity index (χ2v) is 5.66. The molecule has 2 rings (SSSR count). The minimum Gasteiger partial charge on any atom is -0.461 e. The van der Waals surface area contributed by atoms with E-state index < -0.39 is 5.97 Å². The average molecular weight is 355 g/mol. The van der Waals surface area contributed by atoms with Gasteiger partial charge in [0, 0.05) is 17.6 Å². The molecule has 0 bridgehead atoms. The van der Waals surface area contributed by atoms with Gasteiger partial charge in [-0.3, -0.25) is 9.78 Å². The maximum Gasteiger partial charge on any atom is 0.358 e. The van der Waals surface area contributed by atoms with Gasteiger partial charge in [-0.15, -0.1) is 11.3 Å². The Bertz CT molecular complexity index is 669. The first-order valence-electron chi connectivity index (χ1n) is 5.84. The molecule has 104 valence electrons. The number of thiazole rings is 1. The van der Waals surface area contributed by atoms with Crippen LogP contribution in [0.1, 0.15) is 34.0 Å². The molecule has 0 amide bonds. The van der Waals surface area contributed by atoms with Gasteiger partial charge >= 0.3 is 5.97 Å². The number of rotatable bonds is 4. The van der Waals surface area contributed by atoms with E-state index in [0.29, 0.717) is 10.7 Å². The van der Waals surface area contributed by atoms with Gasteiger partial charge in [0.1, 0.15) is 15.6 Å². The van der Waals surface area contributed by atoms with Crippen LogP contribution in [0, 0.1) is 0 Å². The zero-order chi connectivity index (χ0) is 14.7. The number of Topliss-reactive ketones (excluding diaryl/α,β-unsaturated/α-hetero) is 1. The van der Waals surface area contributed by atoms with Crippen molar-refractivity contribution < 1.29 is 14.3 Å². The molecule has 0 aliphatic rings. The van der Waals surface area contributed by atoms with Gasteiger partial charge < -0.3 is 4.74 Å². The Morgan fingerprint density at radius 1 is 1.45 bits per heavy atom. The van der Waals surface area contributed by atoms with Crippen LogP contribution >= 0.6 is 27.3 Å². The standard InChI is InChI=1S/C13H11BrN2O3S/c1-3-19-13(18)10-11(7(2)17)20-12(16-10)9-8(14)5-4-6-15-9/h4-6H,3H2,1-2H3. The summed E-state index contributed by atoms with van der Waals surface area (Å²) in [6.07, 6.45) is 1.62. The van der Waals surface area contributed by atoms with Gasteiger partial charge in [-0.2, -0.15) is 0 Å². The molecule has 0 radical (unpaired) electrons. The largest absolute Gasteiger partial charge is 0.461 e. The van der Waals surface area contributed by atoms with E-state index in [9.17, 15) is 9.59 Å². The second-order valence-electron chi connectivity index (χ2n) is 3.81. The Labute approximate surface area is 128 Å². The van der Waals surface area contributed by atoms with Crippen LogP contribution < -0.4 is 0 Å². The van der Waals surface area contributed by atoms with E-state index in [1.54, 1.807) is 19.2 Å². The van der Waals surface area contributed by atoms with Crippen LogP contribution in [-0.2, 0) is 4.74 Å². The highest BCUT2D eigenvalue weighted by Crippen LogP contribution is 2.32. The molecule has 0 aliphatic carbocycles. The number of esters is 1. The van der Waals surface area contributed by atoms with Crippen molar-refractivity contribution in [3.05, 3.63) is 33.4 Å². The summed E-state index contributed by atoms with van der Waals surface area (Å²) >= 11 is 4.51. The summed E-state index contributed by atoms with van der Waals surface area (Å²) in [6.45, 7) is 3.33. The van der Waals surface area contributed by atoms with Gasteiger partial charge in [0.25, 0.3) is 0 Å². The molecule has 0 fully saturated rings. The fourth-order valence-corrected chi connectivity index (χ4v) is 3.07. The summed E-state index contributed by atoms with van der Waals surface area (Å²) in [4.78, 5) is 32.2. The number of nitrogens with zero attached hydrogens (tertiary/aromatic N) is 2. The van der Waals surface area contributed by atoms with Gasteiger partial charge in [0.05, 0.1) is 6.61 Å². The van der Waals surface area contributed by atoms with Crippen LogP contribution in [0.2, 0.25) is 0 Å². The molecule has 20 heavy (non-hydrogen) atoms. The van der Waals surface area contributed by atoms with Crippen molar-refractivity contribution in [3.8, 4) is 10.7 Å². The van der Waals surface area contributed by atoms with Crippen molar-refractivity contribution >= 4 is 39.0 Å². The normalized spacial score (nSPS) is 10.3. The predicted molar refractivity (Wildman–Crippen MR) is 79.0 cm³/mol. The Morgan fingerprint density at radius 3 is 2.80 bits per heavy atom. The lowest BCUT2D eigenvalue weighted by Gasteiger charge is -1.99. The molecule has 7 heteroatoms. The van der Waals surface area contributed by atoms with Gasteiger partial charge in [0.15, 0.2) is 11.5 Å². The smallest absolute Gasteiger partial charge is 0.358 e. The van der Waals surface area contributed by atoms with E-state index in [1.807, 2.05) is 6.07 Å². The molecule has 5 nitrogen and oxygen atoms in total. The Balaban J connectivity index is 2.53. The van der Waals surface area contributed by atoms with Crippen molar-refractivity contribution in [1.29, 1.82) is 0 Å². The lowest BCUT2D eigenvalue weighted by Crippen LogP contribution is -2.09. The minimum absolute atomic E-state index is 0.0527. The molecule has 0 saturated carbocycles. The van der Waals surface area contributed by atoms with Crippen LogP contribution in [0.5, 0.6) is 0 Å². The number of hydrogen-bond acceptors (Lipinski definition) is 6. The molecule has 2 aromatic heterocycles. The van der Waals surface area contributed by atoms with Crippen LogP contribution in [0.25, 0.3) is 10.7 Å². The van der Waals surface area contributed by atoms with Crippen LogP contribution in [0.15, 0.2) is 22.8 Å². The van der Waals surface area contributed by atoms with E-state index in [-0.39, 0.29) is 23.0 Å². The maximum atomic E-state index is 11.8. The third-order valence-corrected chi connectivity index (χ3v) is 4.18. The summed E-state index contributed by atoms with van der Waals surface area (Å²) in [7, 11) is 0. The molecule has 0 aromatic carbocycles. The topological polar surface area (TPSA) is 69.2 Å². The molecule has 0 atom stereocenters. The number of carbonyl (C=O) groups excluding carboxylic acids is 2. The number of halogens is 1. The van der Waals surface area contributed by atoms with Crippen LogP contribution in [0.3, 0.4) is 0 Å². The number of carbonyl (C=O) groups is 2. The summed E-state index contributed by atoms with van der Waals surface area (Å²) < 4.78 is 5.67. The van der Waals surface area contributed by atoms with Gasteiger partial charge in [-0.1, -0.05) is 0 Å². The average Bonchev–Trinajstić information content (AvgIpc) is 2.84. The molecule has 2 aromatic rings. The van der Waals surface area contributed by atoms with Crippen molar-refractivity contribution in [2.45, 2.75) is 13.8 Å². The molecular formula is C13H11BrN2O3S. The van der Waals surface area contributed by atoms with E-state index >= 15 is 0 Å². The number of hydrogen-bond donors (Lipinski definition) is 0. The maximum absolute atomic E-state index is 11.8. The van der Waals surface area contributed by atoms with E-state index in [2.05, 4.69) is 25.9 Å². The van der Waals surface area contributed by atoms with Gasteiger partial charge in [0.2, 0.25) is 0 Å². The zero-order valence-electron chi connectivity index (χ0n) is 10.8. The summed E-state index contributed by atoms with van der Waals surface area (Å²) in [5.74, 6) is -0.809. The molecule has 0 spiro atoms. The highest BCUT2D eigenvalue weighted by atomic mass is 79.9. The van der Waals surface area contributed by atoms with Gasteiger partial charge in [-0.25, -0.2) is 9.78 Å². The number of aromatic nitrogens is 2. The first-order chi connectivity index (χ1) is 9.54. The van der Waals surface area contributed by atoms with Crippen molar-refractivity contribution in [3.63, 3.8) is 0 Å². The fourth-order valence-electron chi connectivity index (χ4n) is 1.54. The van der Waals surface area contributed by atoms with Crippen molar-refractivity contribution in [2.75, 3.05) is 6.61 Å². The predicted octanol–water partition coefficient (Wildman–Crippen LogP) is 3.35. The first-order valence-corrected chi connectivity index (χ1v) is 7.45. The summed E-state index contributed by atoms with van der Waals surface area (Å²) in [5.41, 5.74) is 0.646. The minimum atomic E-state index is -0.591. The van der Waals surface area contributed by atoms with Crippen LogP contribution in [-0.4, -0.2) is 28.3 Å². The molecule has 0 aliphatic heterocycles. The Hall–Kier alpha value is -1.60. The highest BCUT2D eigenvalue weighted by Gasteiger charge is 2.23. The third kappa shape index (κ3) is 2.94. The Morgan fingerprint density at radius 2 is 2.20 bits per heavy atom. The van der Waals surface area contributed by atoms with Crippen molar-refractivity contribution in [2.24, 2.45) is 0 Å². The molecule has 0 saturated heterocycles. The Kier molecular flexibility index (Phi) is 4.61. The molecule has 2 heterocycles. The van der Waals surface area contributed by atoms with Gasteiger partial charge in [-0.05, 0) is 35.0 Å². The molecule has 0 N–H and O–H groups in total. The van der Waals surface area contributed by atoms with Crippen molar-refractivity contribution in [1.82, 2.24) is 9.97 Å². The quantitative estimate of drug-likeness (QED) is 0.621. The lowest BCUT2D eigenvalue weighted by molar-refractivity contribution is 0.0517. The highest BCUT2D eigenvalue weighted by molar-refractivity contribution is 9.10. The van der Waals surface area contributed by atoms with E-state index in [0.717, 1.165) is 15.8 Å². The summed E-state index contributed by atoms with van der Waals surface area (Å²) in [6, 6.07) is 3.60. The molecule has 0 unspecified atom stereocenters. The summed E-state index contributed by atoms with van der Waals surface area (Å²) in [5, 5.41) is 0.505. The first kappa shape index (κ1) is 14.8. The second kappa shape index (κ2) is 6.23. The van der Waals surface area contributed by atoms with E-state index in [4.69, 9.17) is 4.74 Å². The zero-order valence-corrected chi connectivity index (χ0v) is 13.2. The number of pyridine rings is 1. The monoisotopic (exact) mass is 354 g/mol. The molecular weight excluding hydrogens is 344 g/mol. The lowest BCUT2D eigenvalue weighted by atomic mass is 10.3. The van der Waals surface area contributed by atoms with E-state index in [1.165, 1.54) is 6.92 Å². The van der Waals surface area contributed by atoms with Crippen LogP contribution in [0.4, 0.5) is 0 Å². The fraction of sp³-hybridized carbons (Fsp3) is 0.231. The third-order valence-electron chi connectivity index (χ3n) is 2.38.